The van der Waals surface area contributed by atoms with E-state index in [0.29, 0.717) is 12.8 Å². The molecule has 1 aliphatic carbocycles. The number of halogens is 1. The van der Waals surface area contributed by atoms with E-state index in [4.69, 9.17) is 15.2 Å². The summed E-state index contributed by atoms with van der Waals surface area (Å²) in [6, 6.07) is 3.60. The Labute approximate surface area is 91.5 Å². The third-order valence-corrected chi connectivity index (χ3v) is 2.97. The lowest BCUT2D eigenvalue weighted by Gasteiger charge is -2.12. The van der Waals surface area contributed by atoms with E-state index in [1.807, 2.05) is 0 Å². The van der Waals surface area contributed by atoms with Crippen LogP contribution < -0.4 is 5.46 Å². The lowest BCUT2D eigenvalue weighted by atomic mass is 9.79. The fourth-order valence-corrected chi connectivity index (χ4v) is 1.80. The highest BCUT2D eigenvalue weighted by atomic mass is 19.1. The molecule has 0 bridgehead atoms. The summed E-state index contributed by atoms with van der Waals surface area (Å²) in [7, 11) is -1.75. The second-order valence-electron chi connectivity index (χ2n) is 4.00. The van der Waals surface area contributed by atoms with E-state index in [2.05, 4.69) is 0 Å². The van der Waals surface area contributed by atoms with Gasteiger partial charge in [0.15, 0.2) is 0 Å². The van der Waals surface area contributed by atoms with E-state index >= 15 is 0 Å². The number of carboxylic acids is 1. The Balaban J connectivity index is 2.41. The lowest BCUT2D eigenvalue weighted by Crippen LogP contribution is -2.31. The smallest absolute Gasteiger partial charge is 0.481 e. The van der Waals surface area contributed by atoms with Crippen molar-refractivity contribution < 1.29 is 24.3 Å². The van der Waals surface area contributed by atoms with E-state index < -0.39 is 24.3 Å². The molecule has 16 heavy (non-hydrogen) atoms. The minimum Gasteiger partial charge on any atom is -0.481 e. The molecule has 0 radical (unpaired) electrons. The van der Waals surface area contributed by atoms with Gasteiger partial charge in [-0.1, -0.05) is 12.1 Å². The fraction of sp³-hybridized carbons (Fsp3) is 0.300. The summed E-state index contributed by atoms with van der Waals surface area (Å²) in [5, 5.41) is 26.7. The normalized spacial score (nSPS) is 16.9. The van der Waals surface area contributed by atoms with Gasteiger partial charge in [0.2, 0.25) is 0 Å². The minimum atomic E-state index is -1.75. The van der Waals surface area contributed by atoms with E-state index in [9.17, 15) is 9.18 Å². The number of benzene rings is 1. The summed E-state index contributed by atoms with van der Waals surface area (Å²) in [4.78, 5) is 11.0. The first kappa shape index (κ1) is 11.1. The SMILES string of the molecule is O=C(O)C1(c2ccc(B(O)O)cc2F)CC1. The van der Waals surface area contributed by atoms with Crippen molar-refractivity contribution >= 4 is 18.6 Å². The first-order valence-electron chi connectivity index (χ1n) is 4.87. The molecule has 0 spiro atoms. The summed E-state index contributed by atoms with van der Waals surface area (Å²) in [6.45, 7) is 0. The van der Waals surface area contributed by atoms with Crippen molar-refractivity contribution in [2.24, 2.45) is 0 Å². The summed E-state index contributed by atoms with van der Waals surface area (Å²) >= 11 is 0. The topological polar surface area (TPSA) is 77.8 Å². The predicted molar refractivity (Wildman–Crippen MR) is 54.8 cm³/mol. The number of carbonyl (C=O) groups is 1. The molecule has 3 N–H and O–H groups in total. The molecule has 1 aromatic rings. The van der Waals surface area contributed by atoms with Crippen molar-refractivity contribution in [1.29, 1.82) is 0 Å². The minimum absolute atomic E-state index is 0.0161. The van der Waals surface area contributed by atoms with Crippen molar-refractivity contribution in [2.45, 2.75) is 18.3 Å². The Bertz CT molecular complexity index is 442. The van der Waals surface area contributed by atoms with E-state index in [-0.39, 0.29) is 11.0 Å². The van der Waals surface area contributed by atoms with Crippen LogP contribution in [0.5, 0.6) is 0 Å². The van der Waals surface area contributed by atoms with Gasteiger partial charge in [0.05, 0.1) is 5.41 Å². The van der Waals surface area contributed by atoms with Crippen molar-refractivity contribution in [2.75, 3.05) is 0 Å². The van der Waals surface area contributed by atoms with Gasteiger partial charge in [-0.15, -0.1) is 0 Å². The largest absolute Gasteiger partial charge is 0.488 e. The van der Waals surface area contributed by atoms with Crippen LogP contribution in [0.15, 0.2) is 18.2 Å². The van der Waals surface area contributed by atoms with Crippen LogP contribution in [-0.4, -0.2) is 28.2 Å². The van der Waals surface area contributed by atoms with Crippen LogP contribution in [0.25, 0.3) is 0 Å². The molecular weight excluding hydrogens is 214 g/mol. The van der Waals surface area contributed by atoms with Crippen LogP contribution >= 0.6 is 0 Å². The zero-order valence-corrected chi connectivity index (χ0v) is 8.35. The van der Waals surface area contributed by atoms with Gasteiger partial charge < -0.3 is 15.2 Å². The average Bonchev–Trinajstić information content (AvgIpc) is 2.98. The Morgan fingerprint density at radius 2 is 2.00 bits per heavy atom. The first-order chi connectivity index (χ1) is 7.47. The maximum absolute atomic E-state index is 13.6. The van der Waals surface area contributed by atoms with Crippen molar-refractivity contribution in [1.82, 2.24) is 0 Å². The van der Waals surface area contributed by atoms with Gasteiger partial charge in [0, 0.05) is 5.56 Å². The summed E-state index contributed by atoms with van der Waals surface area (Å²) in [6.07, 6.45) is 0.834. The number of hydrogen-bond acceptors (Lipinski definition) is 3. The van der Waals surface area contributed by atoms with E-state index in [0.717, 1.165) is 6.07 Å². The van der Waals surface area contributed by atoms with Crippen LogP contribution in [0.2, 0.25) is 0 Å². The number of rotatable bonds is 3. The highest BCUT2D eigenvalue weighted by molar-refractivity contribution is 6.58. The van der Waals surface area contributed by atoms with E-state index in [1.54, 1.807) is 0 Å². The molecule has 1 saturated carbocycles. The highest BCUT2D eigenvalue weighted by Gasteiger charge is 2.53. The molecule has 1 aromatic carbocycles. The monoisotopic (exact) mass is 224 g/mol. The molecule has 0 amide bonds. The van der Waals surface area contributed by atoms with Gasteiger partial charge in [-0.25, -0.2) is 4.39 Å². The molecule has 1 fully saturated rings. The fourth-order valence-electron chi connectivity index (χ4n) is 1.80. The first-order valence-corrected chi connectivity index (χ1v) is 4.87. The lowest BCUT2D eigenvalue weighted by molar-refractivity contribution is -0.140. The summed E-state index contributed by atoms with van der Waals surface area (Å²) in [5.74, 6) is -1.74. The van der Waals surface area contributed by atoms with Crippen molar-refractivity contribution in [3.8, 4) is 0 Å². The maximum Gasteiger partial charge on any atom is 0.488 e. The Hall–Kier alpha value is -1.40. The molecule has 1 aliphatic rings. The van der Waals surface area contributed by atoms with Crippen molar-refractivity contribution in [3.63, 3.8) is 0 Å². The second kappa shape index (κ2) is 3.57. The van der Waals surface area contributed by atoms with Gasteiger partial charge >= 0.3 is 13.1 Å². The van der Waals surface area contributed by atoms with Gasteiger partial charge in [0.25, 0.3) is 0 Å². The Kier molecular flexibility index (Phi) is 2.48. The molecule has 4 nitrogen and oxygen atoms in total. The maximum atomic E-state index is 13.6. The van der Waals surface area contributed by atoms with Crippen LogP contribution in [-0.2, 0) is 10.2 Å². The highest BCUT2D eigenvalue weighted by Crippen LogP contribution is 2.49. The third-order valence-electron chi connectivity index (χ3n) is 2.97. The molecule has 0 aliphatic heterocycles. The molecule has 84 valence electrons. The molecule has 2 rings (SSSR count). The average molecular weight is 224 g/mol. The van der Waals surface area contributed by atoms with Gasteiger partial charge in [0.1, 0.15) is 5.82 Å². The molecule has 0 unspecified atom stereocenters. The van der Waals surface area contributed by atoms with Gasteiger partial charge in [-0.2, -0.15) is 0 Å². The standard InChI is InChI=1S/C10H10BFO4/c12-8-5-6(11(15)16)1-2-7(8)10(3-4-10)9(13)14/h1-2,5,15-16H,3-4H2,(H,13,14). The number of aliphatic carboxylic acids is 1. The summed E-state index contributed by atoms with van der Waals surface area (Å²) < 4.78 is 13.6. The molecule has 6 heteroatoms. The predicted octanol–water partition coefficient (Wildman–Crippen LogP) is -0.378. The third kappa shape index (κ3) is 1.60. The van der Waals surface area contributed by atoms with Crippen LogP contribution in [0.1, 0.15) is 18.4 Å². The molecule has 0 atom stereocenters. The molecule has 0 heterocycles. The second-order valence-corrected chi connectivity index (χ2v) is 4.00. The quantitative estimate of drug-likeness (QED) is 0.611. The Morgan fingerprint density at radius 1 is 1.38 bits per heavy atom. The van der Waals surface area contributed by atoms with Crippen LogP contribution in [0.4, 0.5) is 4.39 Å². The molecular formula is C10H10BFO4. The van der Waals surface area contributed by atoms with Gasteiger partial charge in [-0.05, 0) is 24.4 Å². The van der Waals surface area contributed by atoms with Crippen LogP contribution in [0.3, 0.4) is 0 Å². The molecule has 0 saturated heterocycles. The van der Waals surface area contributed by atoms with Gasteiger partial charge in [-0.3, -0.25) is 4.79 Å². The zero-order chi connectivity index (χ0) is 11.9. The molecule has 0 aromatic heterocycles. The zero-order valence-electron chi connectivity index (χ0n) is 8.35. The van der Waals surface area contributed by atoms with Crippen molar-refractivity contribution in [3.05, 3.63) is 29.6 Å². The summed E-state index contributed by atoms with van der Waals surface area (Å²) in [5.41, 5.74) is -0.977. The van der Waals surface area contributed by atoms with E-state index in [1.165, 1.54) is 12.1 Å². The number of hydrogen-bond donors (Lipinski definition) is 3. The number of carboxylic acid groups (broad SMARTS) is 1. The Morgan fingerprint density at radius 3 is 2.38 bits per heavy atom. The van der Waals surface area contributed by atoms with Crippen LogP contribution in [0, 0.1) is 5.82 Å².